The van der Waals surface area contributed by atoms with Gasteiger partial charge in [-0.25, -0.2) is 0 Å². The normalized spacial score (nSPS) is 18.4. The zero-order chi connectivity index (χ0) is 18.5. The molecule has 0 heterocycles. The quantitative estimate of drug-likeness (QED) is 0.280. The summed E-state index contributed by atoms with van der Waals surface area (Å²) in [5, 5.41) is 0. The summed E-state index contributed by atoms with van der Waals surface area (Å²) in [6.45, 7) is 19.3. The van der Waals surface area contributed by atoms with Crippen molar-refractivity contribution in [3.05, 3.63) is 0 Å². The number of rotatable bonds is 15. The van der Waals surface area contributed by atoms with Gasteiger partial charge in [-0.05, 0) is 48.3 Å². The van der Waals surface area contributed by atoms with E-state index in [1.54, 1.807) is 0 Å². The lowest BCUT2D eigenvalue weighted by Crippen LogP contribution is -2.07. The molecule has 0 fully saturated rings. The average Bonchev–Trinajstić information content (AvgIpc) is 2.48. The number of hydrogen-bond acceptors (Lipinski definition) is 0. The van der Waals surface area contributed by atoms with Crippen molar-refractivity contribution in [1.82, 2.24) is 0 Å². The van der Waals surface area contributed by atoms with Crippen LogP contribution in [-0.4, -0.2) is 0 Å². The van der Waals surface area contributed by atoms with Crippen molar-refractivity contribution in [2.75, 3.05) is 0 Å². The zero-order valence-corrected chi connectivity index (χ0v) is 18.5. The summed E-state index contributed by atoms with van der Waals surface area (Å²) in [4.78, 5) is 0. The fourth-order valence-corrected chi connectivity index (χ4v) is 4.33. The molecule has 0 aliphatic carbocycles. The van der Waals surface area contributed by atoms with Gasteiger partial charge in [0.25, 0.3) is 0 Å². The van der Waals surface area contributed by atoms with Gasteiger partial charge in [0.15, 0.2) is 0 Å². The summed E-state index contributed by atoms with van der Waals surface area (Å²) in [5.74, 6) is 5.46. The Morgan fingerprint density at radius 1 is 0.417 bits per heavy atom. The molecule has 0 heteroatoms. The Balaban J connectivity index is 3.75. The maximum atomic E-state index is 2.48. The van der Waals surface area contributed by atoms with Gasteiger partial charge in [-0.2, -0.15) is 0 Å². The minimum Gasteiger partial charge on any atom is -0.0654 e. The molecule has 0 amide bonds. The van der Waals surface area contributed by atoms with E-state index in [1.165, 1.54) is 64.2 Å². The molecule has 0 aromatic rings. The fraction of sp³-hybridized carbons (Fsp3) is 1.00. The van der Waals surface area contributed by atoms with Crippen molar-refractivity contribution in [2.45, 2.75) is 120 Å². The molecule has 0 bridgehead atoms. The van der Waals surface area contributed by atoms with E-state index in [2.05, 4.69) is 55.4 Å². The molecule has 5 unspecified atom stereocenters. The zero-order valence-electron chi connectivity index (χ0n) is 18.5. The van der Waals surface area contributed by atoms with Crippen molar-refractivity contribution in [1.29, 1.82) is 0 Å². The molecule has 0 saturated heterocycles. The Bertz CT molecular complexity index is 267. The molecule has 0 rings (SSSR count). The van der Waals surface area contributed by atoms with Crippen molar-refractivity contribution in [3.63, 3.8) is 0 Å². The highest BCUT2D eigenvalue weighted by Crippen LogP contribution is 2.26. The molecular formula is C24H50. The molecule has 0 aromatic carbocycles. The van der Waals surface area contributed by atoms with Crippen LogP contribution in [0.15, 0.2) is 0 Å². The predicted molar refractivity (Wildman–Crippen MR) is 113 cm³/mol. The van der Waals surface area contributed by atoms with E-state index in [-0.39, 0.29) is 0 Å². The van der Waals surface area contributed by atoms with Crippen LogP contribution >= 0.6 is 0 Å². The smallest absolute Gasteiger partial charge is 0.0440 e. The maximum absolute atomic E-state index is 2.48. The lowest BCUT2D eigenvalue weighted by molar-refractivity contribution is 0.318. The van der Waals surface area contributed by atoms with Crippen LogP contribution in [0.2, 0.25) is 0 Å². The van der Waals surface area contributed by atoms with Gasteiger partial charge in [0.1, 0.15) is 0 Å². The van der Waals surface area contributed by atoms with Crippen LogP contribution in [0.3, 0.4) is 0 Å². The van der Waals surface area contributed by atoms with Crippen molar-refractivity contribution in [2.24, 2.45) is 35.5 Å². The first-order valence-electron chi connectivity index (χ1n) is 11.2. The highest BCUT2D eigenvalue weighted by Gasteiger charge is 2.13. The first kappa shape index (κ1) is 24.0. The number of hydrogen-bond donors (Lipinski definition) is 0. The van der Waals surface area contributed by atoms with Crippen molar-refractivity contribution in [3.8, 4) is 0 Å². The van der Waals surface area contributed by atoms with Crippen LogP contribution in [0.25, 0.3) is 0 Å². The highest BCUT2D eigenvalue weighted by atomic mass is 14.2. The summed E-state index contributed by atoms with van der Waals surface area (Å²) >= 11 is 0. The van der Waals surface area contributed by atoms with Gasteiger partial charge in [-0.15, -0.1) is 0 Å². The fourth-order valence-electron chi connectivity index (χ4n) is 4.33. The molecule has 0 aliphatic heterocycles. The van der Waals surface area contributed by atoms with Gasteiger partial charge in [0, 0.05) is 0 Å². The summed E-state index contributed by atoms with van der Waals surface area (Å²) in [5.41, 5.74) is 0. The molecule has 0 nitrogen and oxygen atoms in total. The third-order valence-electron chi connectivity index (χ3n) is 5.92. The van der Waals surface area contributed by atoms with E-state index in [9.17, 15) is 0 Å². The Morgan fingerprint density at radius 2 is 0.750 bits per heavy atom. The average molecular weight is 339 g/mol. The Labute approximate surface area is 155 Å². The Hall–Kier alpha value is 0. The van der Waals surface area contributed by atoms with Crippen LogP contribution in [0.1, 0.15) is 120 Å². The van der Waals surface area contributed by atoms with E-state index in [0.29, 0.717) is 0 Å². The molecule has 24 heavy (non-hydrogen) atoms. The van der Waals surface area contributed by atoms with Crippen LogP contribution in [-0.2, 0) is 0 Å². The first-order valence-corrected chi connectivity index (χ1v) is 11.2. The summed E-state index contributed by atoms with van der Waals surface area (Å²) in [6, 6.07) is 0. The van der Waals surface area contributed by atoms with E-state index in [1.807, 2.05) is 0 Å². The van der Waals surface area contributed by atoms with Gasteiger partial charge >= 0.3 is 0 Å². The SMILES string of the molecule is CCCC(C)CC(C)CCC(C)CCC(C)CCC(C)CC(C)C. The van der Waals surface area contributed by atoms with E-state index >= 15 is 0 Å². The van der Waals surface area contributed by atoms with E-state index in [4.69, 9.17) is 0 Å². The van der Waals surface area contributed by atoms with Gasteiger partial charge in [0.2, 0.25) is 0 Å². The van der Waals surface area contributed by atoms with Crippen molar-refractivity contribution < 1.29 is 0 Å². The topological polar surface area (TPSA) is 0 Å². The minimum absolute atomic E-state index is 0.859. The van der Waals surface area contributed by atoms with Crippen molar-refractivity contribution >= 4 is 0 Å². The van der Waals surface area contributed by atoms with Gasteiger partial charge in [0.05, 0.1) is 0 Å². The first-order chi connectivity index (χ1) is 11.2. The Kier molecular flexibility index (Phi) is 14.2. The summed E-state index contributed by atoms with van der Waals surface area (Å²) in [7, 11) is 0. The van der Waals surface area contributed by atoms with Gasteiger partial charge < -0.3 is 0 Å². The summed E-state index contributed by atoms with van der Waals surface area (Å²) < 4.78 is 0. The third-order valence-corrected chi connectivity index (χ3v) is 5.92. The highest BCUT2D eigenvalue weighted by molar-refractivity contribution is 4.65. The molecule has 0 spiro atoms. The molecule has 0 saturated carbocycles. The minimum atomic E-state index is 0.859. The molecule has 0 aliphatic rings. The Morgan fingerprint density at radius 3 is 1.12 bits per heavy atom. The van der Waals surface area contributed by atoms with E-state index < -0.39 is 0 Å². The van der Waals surface area contributed by atoms with Gasteiger partial charge in [-0.1, -0.05) is 107 Å². The van der Waals surface area contributed by atoms with Crippen LogP contribution in [0, 0.1) is 35.5 Å². The van der Waals surface area contributed by atoms with Crippen LogP contribution in [0.5, 0.6) is 0 Å². The van der Waals surface area contributed by atoms with Crippen LogP contribution < -0.4 is 0 Å². The molecule has 5 atom stereocenters. The second kappa shape index (κ2) is 14.2. The van der Waals surface area contributed by atoms with Crippen LogP contribution in [0.4, 0.5) is 0 Å². The molecular weight excluding hydrogens is 288 g/mol. The second-order valence-corrected chi connectivity index (χ2v) is 9.91. The third kappa shape index (κ3) is 14.4. The molecule has 0 aromatic heterocycles. The predicted octanol–water partition coefficient (Wildman–Crippen LogP) is 8.74. The largest absolute Gasteiger partial charge is 0.0654 e. The second-order valence-electron chi connectivity index (χ2n) is 9.91. The lowest BCUT2D eigenvalue weighted by atomic mass is 9.85. The van der Waals surface area contributed by atoms with Gasteiger partial charge in [-0.3, -0.25) is 0 Å². The van der Waals surface area contributed by atoms with E-state index in [0.717, 1.165) is 35.5 Å². The summed E-state index contributed by atoms with van der Waals surface area (Å²) in [6.07, 6.45) is 14.2. The monoisotopic (exact) mass is 338 g/mol. The molecule has 0 radical (unpaired) electrons. The lowest BCUT2D eigenvalue weighted by Gasteiger charge is -2.21. The molecule has 0 N–H and O–H groups in total. The standard InChI is InChI=1S/C24H50/c1-9-10-22(6)18-24(8)16-14-21(5)12-11-20(4)13-15-23(7)17-19(2)3/h19-24H,9-18H2,1-8H3. The maximum Gasteiger partial charge on any atom is -0.0440 e. The molecule has 146 valence electrons.